The number of carboxylic acid groups (broad SMARTS) is 1. The lowest BCUT2D eigenvalue weighted by atomic mass is 9.86. The molecule has 0 unspecified atom stereocenters. The summed E-state index contributed by atoms with van der Waals surface area (Å²) in [5, 5.41) is 8.93. The first kappa shape index (κ1) is 15.8. The average Bonchev–Trinajstić information content (AvgIpc) is 2.25. The molecule has 0 spiro atoms. The summed E-state index contributed by atoms with van der Waals surface area (Å²) >= 11 is 0. The maximum Gasteiger partial charge on any atom is 0.471 e. The van der Waals surface area contributed by atoms with E-state index in [9.17, 15) is 22.8 Å². The molecule has 1 rings (SSSR count). The van der Waals surface area contributed by atoms with Crippen molar-refractivity contribution in [2.45, 2.75) is 45.3 Å². The number of aliphatic carboxylic acids is 1. The van der Waals surface area contributed by atoms with Crippen LogP contribution in [0.3, 0.4) is 0 Å². The van der Waals surface area contributed by atoms with Crippen molar-refractivity contribution in [2.75, 3.05) is 6.54 Å². The van der Waals surface area contributed by atoms with Crippen LogP contribution >= 0.6 is 0 Å². The van der Waals surface area contributed by atoms with Crippen LogP contribution in [0.15, 0.2) is 0 Å². The van der Waals surface area contributed by atoms with E-state index in [1.807, 2.05) is 13.8 Å². The second-order valence-corrected chi connectivity index (χ2v) is 5.38. The van der Waals surface area contributed by atoms with Crippen molar-refractivity contribution < 1.29 is 27.9 Å². The second kappa shape index (κ2) is 5.79. The SMILES string of the molecule is CC(C)C[C@@H]1CC[C@@H](C(=O)O)N(C(=O)C(F)(F)F)C1. The zero-order valence-corrected chi connectivity index (χ0v) is 10.9. The Hall–Kier alpha value is -1.27. The van der Waals surface area contributed by atoms with Crippen LogP contribution in [-0.4, -0.2) is 40.6 Å². The lowest BCUT2D eigenvalue weighted by molar-refractivity contribution is -0.192. The fourth-order valence-corrected chi connectivity index (χ4v) is 2.55. The van der Waals surface area contributed by atoms with Crippen LogP contribution in [0, 0.1) is 11.8 Å². The molecular weight excluding hydrogens is 263 g/mol. The van der Waals surface area contributed by atoms with Crippen LogP contribution in [-0.2, 0) is 9.59 Å². The predicted molar refractivity (Wildman–Crippen MR) is 61.4 cm³/mol. The van der Waals surface area contributed by atoms with Gasteiger partial charge in [-0.15, -0.1) is 0 Å². The summed E-state index contributed by atoms with van der Waals surface area (Å²) in [6.07, 6.45) is -3.72. The number of nitrogens with zero attached hydrogens (tertiary/aromatic N) is 1. The number of carboxylic acids is 1. The van der Waals surface area contributed by atoms with Crippen LogP contribution in [0.4, 0.5) is 13.2 Å². The summed E-state index contributed by atoms with van der Waals surface area (Å²) in [4.78, 5) is 22.7. The van der Waals surface area contributed by atoms with Gasteiger partial charge in [0.15, 0.2) is 0 Å². The zero-order valence-electron chi connectivity index (χ0n) is 10.9. The van der Waals surface area contributed by atoms with Crippen molar-refractivity contribution >= 4 is 11.9 Å². The highest BCUT2D eigenvalue weighted by Crippen LogP contribution is 2.30. The molecule has 0 aliphatic carbocycles. The highest BCUT2D eigenvalue weighted by atomic mass is 19.4. The largest absolute Gasteiger partial charge is 0.480 e. The van der Waals surface area contributed by atoms with Gasteiger partial charge in [0.25, 0.3) is 0 Å². The van der Waals surface area contributed by atoms with Gasteiger partial charge in [0.05, 0.1) is 0 Å². The number of hydrogen-bond donors (Lipinski definition) is 1. The summed E-state index contributed by atoms with van der Waals surface area (Å²) in [5.41, 5.74) is 0. The fraction of sp³-hybridized carbons (Fsp3) is 0.833. The van der Waals surface area contributed by atoms with E-state index in [-0.39, 0.29) is 18.9 Å². The minimum Gasteiger partial charge on any atom is -0.480 e. The highest BCUT2D eigenvalue weighted by molar-refractivity contribution is 5.87. The van der Waals surface area contributed by atoms with Crippen molar-refractivity contribution in [3.05, 3.63) is 0 Å². The maximum absolute atomic E-state index is 12.5. The molecule has 19 heavy (non-hydrogen) atoms. The van der Waals surface area contributed by atoms with Crippen molar-refractivity contribution in [2.24, 2.45) is 11.8 Å². The van der Waals surface area contributed by atoms with E-state index in [1.165, 1.54) is 0 Å². The molecule has 1 fully saturated rings. The molecule has 0 saturated carbocycles. The molecule has 0 aromatic carbocycles. The minimum absolute atomic E-state index is 0.0677. The van der Waals surface area contributed by atoms with Crippen LogP contribution in [0.5, 0.6) is 0 Å². The number of carbonyl (C=O) groups is 2. The number of rotatable bonds is 3. The van der Waals surface area contributed by atoms with Gasteiger partial charge in [-0.1, -0.05) is 13.8 Å². The summed E-state index contributed by atoms with van der Waals surface area (Å²) in [7, 11) is 0. The van der Waals surface area contributed by atoms with Crippen molar-refractivity contribution in [1.82, 2.24) is 4.90 Å². The quantitative estimate of drug-likeness (QED) is 0.863. The monoisotopic (exact) mass is 281 g/mol. The van der Waals surface area contributed by atoms with Crippen LogP contribution in [0.2, 0.25) is 0 Å². The summed E-state index contributed by atoms with van der Waals surface area (Å²) in [6, 6.07) is -1.36. The molecule has 2 atom stereocenters. The number of hydrogen-bond acceptors (Lipinski definition) is 2. The van der Waals surface area contributed by atoms with E-state index in [0.717, 1.165) is 0 Å². The van der Waals surface area contributed by atoms with E-state index >= 15 is 0 Å². The number of halogens is 3. The molecule has 1 amide bonds. The first-order chi connectivity index (χ1) is 8.62. The molecule has 1 heterocycles. The molecule has 0 radical (unpaired) electrons. The first-order valence-corrected chi connectivity index (χ1v) is 6.23. The third-order valence-corrected chi connectivity index (χ3v) is 3.27. The molecule has 1 aliphatic rings. The Bertz CT molecular complexity index is 355. The lowest BCUT2D eigenvalue weighted by Crippen LogP contribution is -2.54. The van der Waals surface area contributed by atoms with Gasteiger partial charge in [0, 0.05) is 6.54 Å². The average molecular weight is 281 g/mol. The smallest absolute Gasteiger partial charge is 0.471 e. The Kier molecular flexibility index (Phi) is 4.81. The molecule has 4 nitrogen and oxygen atoms in total. The first-order valence-electron chi connectivity index (χ1n) is 6.23. The third kappa shape index (κ3) is 4.11. The summed E-state index contributed by atoms with van der Waals surface area (Å²) < 4.78 is 37.4. The third-order valence-electron chi connectivity index (χ3n) is 3.27. The molecule has 1 N–H and O–H groups in total. The van der Waals surface area contributed by atoms with E-state index < -0.39 is 24.1 Å². The molecule has 0 bridgehead atoms. The van der Waals surface area contributed by atoms with Gasteiger partial charge in [-0.3, -0.25) is 4.79 Å². The van der Waals surface area contributed by atoms with Crippen molar-refractivity contribution in [3.8, 4) is 0 Å². The van der Waals surface area contributed by atoms with Crippen molar-refractivity contribution in [1.29, 1.82) is 0 Å². The number of piperidine rings is 1. The van der Waals surface area contributed by atoms with E-state index in [2.05, 4.69) is 0 Å². The summed E-state index contributed by atoms with van der Waals surface area (Å²) in [5.74, 6) is -3.19. The lowest BCUT2D eigenvalue weighted by Gasteiger charge is -2.38. The van der Waals surface area contributed by atoms with Crippen LogP contribution < -0.4 is 0 Å². The minimum atomic E-state index is -5.02. The Balaban J connectivity index is 2.85. The second-order valence-electron chi connectivity index (χ2n) is 5.38. The van der Waals surface area contributed by atoms with Gasteiger partial charge >= 0.3 is 18.1 Å². The Labute approximate surface area is 109 Å². The van der Waals surface area contributed by atoms with Crippen molar-refractivity contribution in [3.63, 3.8) is 0 Å². The van der Waals surface area contributed by atoms with Crippen LogP contribution in [0.25, 0.3) is 0 Å². The number of carbonyl (C=O) groups excluding carboxylic acids is 1. The number of likely N-dealkylation sites (tertiary alicyclic amines) is 1. The number of alkyl halides is 3. The van der Waals surface area contributed by atoms with Gasteiger partial charge < -0.3 is 10.0 Å². The molecule has 110 valence electrons. The Morgan fingerprint density at radius 3 is 2.32 bits per heavy atom. The van der Waals surface area contributed by atoms with E-state index in [0.29, 0.717) is 23.7 Å². The van der Waals surface area contributed by atoms with Gasteiger partial charge in [-0.05, 0) is 31.1 Å². The van der Waals surface area contributed by atoms with Gasteiger partial charge in [0.1, 0.15) is 6.04 Å². The predicted octanol–water partition coefficient (Wildman–Crippen LogP) is 2.29. The fourth-order valence-electron chi connectivity index (χ4n) is 2.55. The zero-order chi connectivity index (χ0) is 14.8. The molecular formula is C12H18F3NO3. The summed E-state index contributed by atoms with van der Waals surface area (Å²) in [6.45, 7) is 3.76. The van der Waals surface area contributed by atoms with E-state index in [1.54, 1.807) is 0 Å². The standard InChI is InChI=1S/C12H18F3NO3/c1-7(2)5-8-3-4-9(10(17)18)16(6-8)11(19)12(13,14)15/h7-9H,3-6H2,1-2H3,(H,17,18)/t8-,9-/m0/s1. The molecule has 1 saturated heterocycles. The Morgan fingerprint density at radius 1 is 1.32 bits per heavy atom. The van der Waals surface area contributed by atoms with Gasteiger partial charge in [-0.2, -0.15) is 13.2 Å². The highest BCUT2D eigenvalue weighted by Gasteiger charge is 2.48. The van der Waals surface area contributed by atoms with Gasteiger partial charge in [-0.25, -0.2) is 4.79 Å². The normalized spacial score (nSPS) is 24.6. The molecule has 0 aromatic rings. The van der Waals surface area contributed by atoms with Crippen LogP contribution in [0.1, 0.15) is 33.1 Å². The topological polar surface area (TPSA) is 57.6 Å². The van der Waals surface area contributed by atoms with E-state index in [4.69, 9.17) is 5.11 Å². The Morgan fingerprint density at radius 2 is 1.89 bits per heavy atom. The molecule has 1 aliphatic heterocycles. The number of amides is 1. The van der Waals surface area contributed by atoms with Gasteiger partial charge in [0.2, 0.25) is 0 Å². The maximum atomic E-state index is 12.5. The molecule has 7 heteroatoms. The molecule has 0 aromatic heterocycles.